The largest absolute Gasteiger partial charge is 0.486 e. The molecule has 0 radical (unpaired) electrons. The van der Waals surface area contributed by atoms with Crippen LogP contribution in [-0.2, 0) is 27.7 Å². The Hall–Kier alpha value is -2.42. The van der Waals surface area contributed by atoms with Crippen molar-refractivity contribution in [2.45, 2.75) is 24.0 Å². The number of fused-ring (bicyclic) bond motifs is 1. The molecule has 0 fully saturated rings. The third kappa shape index (κ3) is 4.60. The zero-order chi connectivity index (χ0) is 20.4. The highest BCUT2D eigenvalue weighted by Crippen LogP contribution is 2.33. The molecule has 1 atom stereocenters. The van der Waals surface area contributed by atoms with E-state index in [4.69, 9.17) is 16.3 Å². The highest BCUT2D eigenvalue weighted by Gasteiger charge is 2.35. The van der Waals surface area contributed by atoms with Crippen molar-refractivity contribution in [3.8, 4) is 5.75 Å². The van der Waals surface area contributed by atoms with E-state index in [1.807, 2.05) is 0 Å². The molecule has 2 aromatic carbocycles. The second kappa shape index (κ2) is 8.14. The lowest BCUT2D eigenvalue weighted by Gasteiger charge is -2.12. The van der Waals surface area contributed by atoms with E-state index in [0.717, 1.165) is 5.01 Å². The van der Waals surface area contributed by atoms with Gasteiger partial charge in [-0.05, 0) is 35.9 Å². The summed E-state index contributed by atoms with van der Waals surface area (Å²) in [4.78, 5) is 17.1. The van der Waals surface area contributed by atoms with Crippen LogP contribution in [0, 0.1) is 0 Å². The number of hydrogen-bond acceptors (Lipinski definition) is 6. The molecule has 1 aromatic heterocycles. The first-order chi connectivity index (χ1) is 13.9. The number of aromatic nitrogens is 1. The van der Waals surface area contributed by atoms with Crippen LogP contribution in [0.5, 0.6) is 5.75 Å². The fraction of sp³-hybridized carbons (Fsp3) is 0.200. The summed E-state index contributed by atoms with van der Waals surface area (Å²) in [5.41, 5.74) is 1.26. The number of amides is 1. The van der Waals surface area contributed by atoms with E-state index >= 15 is 0 Å². The number of halogens is 1. The molecule has 150 valence electrons. The molecule has 4 rings (SSSR count). The Morgan fingerprint density at radius 2 is 1.97 bits per heavy atom. The third-order valence-electron chi connectivity index (χ3n) is 4.47. The fourth-order valence-electron chi connectivity index (χ4n) is 3.15. The first-order valence-electron chi connectivity index (χ1n) is 8.83. The summed E-state index contributed by atoms with van der Waals surface area (Å²) in [7, 11) is -3.36. The Bertz CT molecular complexity index is 1140. The predicted molar refractivity (Wildman–Crippen MR) is 111 cm³/mol. The minimum Gasteiger partial charge on any atom is -0.486 e. The Morgan fingerprint density at radius 1 is 1.21 bits per heavy atom. The van der Waals surface area contributed by atoms with Crippen molar-refractivity contribution >= 4 is 38.7 Å². The molecule has 0 unspecified atom stereocenters. The number of rotatable bonds is 6. The second-order valence-corrected chi connectivity index (χ2v) is 9.97. The summed E-state index contributed by atoms with van der Waals surface area (Å²) in [6.07, 6.45) is 0.0795. The van der Waals surface area contributed by atoms with Crippen molar-refractivity contribution in [3.63, 3.8) is 0 Å². The topological polar surface area (TPSA) is 85.4 Å². The van der Waals surface area contributed by atoms with Crippen LogP contribution in [0.2, 0.25) is 5.02 Å². The zero-order valence-corrected chi connectivity index (χ0v) is 17.6. The Balaban J connectivity index is 1.34. The average Bonchev–Trinajstić information content (AvgIpc) is 3.23. The van der Waals surface area contributed by atoms with Gasteiger partial charge in [-0.15, -0.1) is 11.3 Å². The van der Waals surface area contributed by atoms with Crippen molar-refractivity contribution in [2.24, 2.45) is 0 Å². The van der Waals surface area contributed by atoms with Gasteiger partial charge >= 0.3 is 0 Å². The van der Waals surface area contributed by atoms with Crippen LogP contribution in [0.1, 0.15) is 22.3 Å². The number of hydrogen-bond donors (Lipinski definition) is 1. The van der Waals surface area contributed by atoms with Crippen molar-refractivity contribution in [2.75, 3.05) is 5.75 Å². The average molecular weight is 449 g/mol. The Kier molecular flexibility index (Phi) is 5.58. The van der Waals surface area contributed by atoms with E-state index in [2.05, 4.69) is 10.3 Å². The monoisotopic (exact) mass is 448 g/mol. The molecule has 0 saturated carbocycles. The molecule has 29 heavy (non-hydrogen) atoms. The second-order valence-electron chi connectivity index (χ2n) is 6.59. The van der Waals surface area contributed by atoms with Crippen molar-refractivity contribution in [1.29, 1.82) is 0 Å². The van der Waals surface area contributed by atoms with Crippen molar-refractivity contribution in [3.05, 3.63) is 75.2 Å². The maximum Gasteiger partial charge on any atom is 0.226 e. The number of nitrogens with zero attached hydrogens (tertiary/aromatic N) is 1. The van der Waals surface area contributed by atoms with Gasteiger partial charge in [0.25, 0.3) is 0 Å². The summed E-state index contributed by atoms with van der Waals surface area (Å²) < 4.78 is 30.1. The number of nitrogens with one attached hydrogen (secondary N) is 1. The van der Waals surface area contributed by atoms with E-state index in [-0.39, 0.29) is 18.1 Å². The third-order valence-corrected chi connectivity index (χ3v) is 7.40. The number of benzene rings is 2. The standard InChI is InChI=1S/C20H17ClN2O4S2/c21-13-5-7-15(8-6-13)27-10-20-22-14(11-28-20)9-19(24)23-17-12-29(25,26)18-4-2-1-3-16(17)18/h1-8,11,17H,9-10,12H2,(H,23,24)/t17-/m1/s1. The number of thiazole rings is 1. The fourth-order valence-corrected chi connectivity index (χ4v) is 5.72. The maximum atomic E-state index is 12.4. The smallest absolute Gasteiger partial charge is 0.226 e. The number of sulfone groups is 1. The van der Waals surface area contributed by atoms with Gasteiger partial charge in [0.1, 0.15) is 17.4 Å². The molecule has 0 aliphatic carbocycles. The lowest BCUT2D eigenvalue weighted by atomic mass is 10.1. The van der Waals surface area contributed by atoms with Crippen molar-refractivity contribution in [1.82, 2.24) is 10.3 Å². The van der Waals surface area contributed by atoms with Crippen molar-refractivity contribution < 1.29 is 17.9 Å². The van der Waals surface area contributed by atoms with E-state index in [1.54, 1.807) is 53.9 Å². The van der Waals surface area contributed by atoms with E-state index in [9.17, 15) is 13.2 Å². The molecule has 2 heterocycles. The SMILES string of the molecule is O=C(Cc1csc(COc2ccc(Cl)cc2)n1)N[C@@H]1CS(=O)(=O)c2ccccc21. The van der Waals surface area contributed by atoms with Crippen LogP contribution in [-0.4, -0.2) is 25.1 Å². The highest BCUT2D eigenvalue weighted by molar-refractivity contribution is 7.91. The molecule has 6 nitrogen and oxygen atoms in total. The van der Waals surface area contributed by atoms with Gasteiger partial charge in [-0.1, -0.05) is 29.8 Å². The lowest BCUT2D eigenvalue weighted by molar-refractivity contribution is -0.121. The summed E-state index contributed by atoms with van der Waals surface area (Å²) in [5.74, 6) is 0.303. The Morgan fingerprint density at radius 3 is 2.76 bits per heavy atom. The van der Waals surface area contributed by atoms with Crippen LogP contribution in [0.25, 0.3) is 0 Å². The first kappa shape index (κ1) is 19.9. The van der Waals surface area contributed by atoms with Gasteiger partial charge in [0.15, 0.2) is 9.84 Å². The van der Waals surface area contributed by atoms with E-state index < -0.39 is 15.9 Å². The molecule has 0 spiro atoms. The van der Waals surface area contributed by atoms with Gasteiger partial charge in [0.2, 0.25) is 5.91 Å². The molecule has 0 saturated heterocycles. The van der Waals surface area contributed by atoms with Crippen LogP contribution in [0.4, 0.5) is 0 Å². The maximum absolute atomic E-state index is 12.4. The van der Waals surface area contributed by atoms with E-state index in [0.29, 0.717) is 33.5 Å². The first-order valence-corrected chi connectivity index (χ1v) is 11.7. The molecule has 1 amide bonds. The number of carbonyl (C=O) groups is 1. The quantitative estimate of drug-likeness (QED) is 0.623. The molecule has 0 bridgehead atoms. The minimum atomic E-state index is -3.36. The molecule has 9 heteroatoms. The molecule has 1 aliphatic heterocycles. The van der Waals surface area contributed by atoms with Gasteiger partial charge in [-0.3, -0.25) is 4.79 Å². The van der Waals surface area contributed by atoms with E-state index in [1.165, 1.54) is 11.3 Å². The summed E-state index contributed by atoms with van der Waals surface area (Å²) >= 11 is 7.25. The van der Waals surface area contributed by atoms with Gasteiger partial charge < -0.3 is 10.1 Å². The van der Waals surface area contributed by atoms with Crippen LogP contribution in [0.3, 0.4) is 0 Å². The van der Waals surface area contributed by atoms with Gasteiger partial charge in [0.05, 0.1) is 28.8 Å². The summed E-state index contributed by atoms with van der Waals surface area (Å²) in [5, 5.41) is 6.00. The van der Waals surface area contributed by atoms with Crippen LogP contribution in [0.15, 0.2) is 58.8 Å². The number of ether oxygens (including phenoxy) is 1. The molecular formula is C20H17ClN2O4S2. The molecular weight excluding hydrogens is 432 g/mol. The highest BCUT2D eigenvalue weighted by atomic mass is 35.5. The zero-order valence-electron chi connectivity index (χ0n) is 15.2. The van der Waals surface area contributed by atoms with Gasteiger partial charge in [0, 0.05) is 10.4 Å². The normalized spacial score (nSPS) is 16.9. The number of carbonyl (C=O) groups excluding carboxylic acids is 1. The Labute approximate surface area is 177 Å². The van der Waals surface area contributed by atoms with Gasteiger partial charge in [-0.2, -0.15) is 0 Å². The minimum absolute atomic E-state index is 0.0795. The lowest BCUT2D eigenvalue weighted by Crippen LogP contribution is -2.30. The van der Waals surface area contributed by atoms with Gasteiger partial charge in [-0.25, -0.2) is 13.4 Å². The van der Waals surface area contributed by atoms with Crippen LogP contribution >= 0.6 is 22.9 Å². The predicted octanol–water partition coefficient (Wildman–Crippen LogP) is 3.56. The molecule has 1 N–H and O–H groups in total. The summed E-state index contributed by atoms with van der Waals surface area (Å²) in [6.45, 7) is 0.294. The van der Waals surface area contributed by atoms with Crippen LogP contribution < -0.4 is 10.1 Å². The molecule has 3 aromatic rings. The summed E-state index contributed by atoms with van der Waals surface area (Å²) in [6, 6.07) is 13.3. The molecule has 1 aliphatic rings.